The topological polar surface area (TPSA) is 81.8 Å². The van der Waals surface area contributed by atoms with E-state index in [0.29, 0.717) is 27.0 Å². The molecule has 4 rings (SSSR count). The Balaban J connectivity index is 1.60. The van der Waals surface area contributed by atoms with Gasteiger partial charge in [-0.2, -0.15) is 0 Å². The van der Waals surface area contributed by atoms with Gasteiger partial charge in [0, 0.05) is 21.3 Å². The smallest absolute Gasteiger partial charge is 0.269 e. The summed E-state index contributed by atoms with van der Waals surface area (Å²) < 4.78 is 0. The van der Waals surface area contributed by atoms with E-state index < -0.39 is 23.8 Å². The molecule has 1 heterocycles. The fourth-order valence-electron chi connectivity index (χ4n) is 3.44. The minimum absolute atomic E-state index is 0.0390. The van der Waals surface area contributed by atoms with Gasteiger partial charge in [0.1, 0.15) is 6.04 Å². The number of anilines is 2. The van der Waals surface area contributed by atoms with Gasteiger partial charge in [0.15, 0.2) is 0 Å². The van der Waals surface area contributed by atoms with Gasteiger partial charge in [-0.1, -0.05) is 47.5 Å². The predicted molar refractivity (Wildman–Crippen MR) is 136 cm³/mol. The van der Waals surface area contributed by atoms with E-state index in [2.05, 4.69) is 10.7 Å². The Hall–Kier alpha value is -3.46. The summed E-state index contributed by atoms with van der Waals surface area (Å²) in [5.74, 6) is -1.36. The highest BCUT2D eigenvalue weighted by Crippen LogP contribution is 2.28. The molecule has 3 aromatic rings. The number of amides is 3. The highest BCUT2D eigenvalue weighted by Gasteiger charge is 2.45. The van der Waals surface area contributed by atoms with Crippen LogP contribution < -0.4 is 15.6 Å². The van der Waals surface area contributed by atoms with Gasteiger partial charge in [-0.05, 0) is 66.8 Å². The molecule has 1 aliphatic heterocycles. The van der Waals surface area contributed by atoms with Crippen LogP contribution in [0.15, 0.2) is 78.9 Å². The predicted octanol–water partition coefficient (Wildman–Crippen LogP) is 4.67. The average Bonchev–Trinajstić information content (AvgIpc) is 3.04. The van der Waals surface area contributed by atoms with E-state index >= 15 is 0 Å². The van der Waals surface area contributed by atoms with Gasteiger partial charge < -0.3 is 5.32 Å². The van der Waals surface area contributed by atoms with E-state index in [1.54, 1.807) is 78.9 Å². The fourth-order valence-corrected chi connectivity index (χ4v) is 4.13. The van der Waals surface area contributed by atoms with Crippen LogP contribution in [0.5, 0.6) is 0 Å². The first-order valence-electron chi connectivity index (χ1n) is 10.2. The summed E-state index contributed by atoms with van der Waals surface area (Å²) in [6, 6.07) is 20.6. The first-order valence-corrected chi connectivity index (χ1v) is 11.3. The number of nitrogens with one attached hydrogen (secondary N) is 2. The molecule has 10 heteroatoms. The molecule has 0 aromatic heterocycles. The second-order valence-electron chi connectivity index (χ2n) is 7.39. The van der Waals surface area contributed by atoms with Gasteiger partial charge in [0.2, 0.25) is 11.0 Å². The second kappa shape index (κ2) is 10.2. The Morgan fingerprint density at radius 2 is 1.62 bits per heavy atom. The average molecular weight is 513 g/mol. The maximum atomic E-state index is 13.4. The molecule has 0 bridgehead atoms. The molecule has 172 valence electrons. The van der Waals surface area contributed by atoms with Crippen molar-refractivity contribution in [2.75, 3.05) is 10.2 Å². The molecule has 0 radical (unpaired) electrons. The van der Waals surface area contributed by atoms with Crippen molar-refractivity contribution in [2.45, 2.75) is 12.5 Å². The highest BCUT2D eigenvalue weighted by atomic mass is 35.5. The number of hydrazine groups is 1. The van der Waals surface area contributed by atoms with Crippen LogP contribution in [0, 0.1) is 0 Å². The number of hydrogen-bond acceptors (Lipinski definition) is 4. The number of carbonyl (C=O) groups excluding carboxylic acids is 3. The third-order valence-corrected chi connectivity index (χ3v) is 5.91. The van der Waals surface area contributed by atoms with Crippen molar-refractivity contribution in [1.82, 2.24) is 10.4 Å². The normalized spacial score (nSPS) is 15.4. The summed E-state index contributed by atoms with van der Waals surface area (Å²) in [5, 5.41) is 4.96. The first kappa shape index (κ1) is 23.7. The summed E-state index contributed by atoms with van der Waals surface area (Å²) >= 11 is 17.5. The van der Waals surface area contributed by atoms with Crippen LogP contribution in [-0.2, 0) is 9.59 Å². The van der Waals surface area contributed by atoms with Crippen molar-refractivity contribution >= 4 is 69.6 Å². The van der Waals surface area contributed by atoms with E-state index in [1.165, 1.54) is 9.91 Å². The maximum absolute atomic E-state index is 13.4. The molecule has 3 aromatic carbocycles. The lowest BCUT2D eigenvalue weighted by atomic mass is 10.1. The van der Waals surface area contributed by atoms with Crippen molar-refractivity contribution in [3.05, 3.63) is 94.5 Å². The van der Waals surface area contributed by atoms with Crippen molar-refractivity contribution in [2.24, 2.45) is 0 Å². The zero-order valence-corrected chi connectivity index (χ0v) is 19.9. The molecule has 2 N–H and O–H groups in total. The Bertz CT molecular complexity index is 1250. The van der Waals surface area contributed by atoms with Gasteiger partial charge in [-0.25, -0.2) is 5.01 Å². The number of thiocarbonyl (C=S) groups is 1. The number of nitrogens with zero attached hydrogens (tertiary/aromatic N) is 2. The Labute approximate surface area is 211 Å². The summed E-state index contributed by atoms with van der Waals surface area (Å²) in [4.78, 5) is 40.3. The second-order valence-corrected chi connectivity index (χ2v) is 8.63. The van der Waals surface area contributed by atoms with Crippen LogP contribution in [0.25, 0.3) is 0 Å². The van der Waals surface area contributed by atoms with Crippen LogP contribution in [0.4, 0.5) is 11.4 Å². The van der Waals surface area contributed by atoms with Crippen molar-refractivity contribution in [3.63, 3.8) is 0 Å². The lowest BCUT2D eigenvalue weighted by Crippen LogP contribution is -2.49. The largest absolute Gasteiger partial charge is 0.326 e. The maximum Gasteiger partial charge on any atom is 0.269 e. The van der Waals surface area contributed by atoms with Crippen molar-refractivity contribution in [1.29, 1.82) is 0 Å². The van der Waals surface area contributed by atoms with Crippen molar-refractivity contribution < 1.29 is 14.4 Å². The van der Waals surface area contributed by atoms with E-state index in [0.717, 1.165) is 0 Å². The summed E-state index contributed by atoms with van der Waals surface area (Å²) in [5.41, 5.74) is 4.01. The van der Waals surface area contributed by atoms with Gasteiger partial charge in [-0.3, -0.25) is 24.7 Å². The summed E-state index contributed by atoms with van der Waals surface area (Å²) in [6.45, 7) is 0. The molecule has 1 atom stereocenters. The number of carbonyl (C=O) groups is 3. The summed E-state index contributed by atoms with van der Waals surface area (Å²) in [6.07, 6.45) is -0.259. The van der Waals surface area contributed by atoms with E-state index in [9.17, 15) is 14.4 Å². The molecule has 0 saturated carbocycles. The molecule has 0 spiro atoms. The van der Waals surface area contributed by atoms with Gasteiger partial charge in [0.25, 0.3) is 11.8 Å². The molecule has 7 nitrogen and oxygen atoms in total. The fraction of sp³-hybridized carbons (Fsp3) is 0.0833. The van der Waals surface area contributed by atoms with Crippen LogP contribution >= 0.6 is 35.4 Å². The van der Waals surface area contributed by atoms with Crippen LogP contribution in [-0.4, -0.2) is 33.9 Å². The number of halogens is 2. The minimum atomic E-state index is -1.06. The molecule has 0 aliphatic carbocycles. The summed E-state index contributed by atoms with van der Waals surface area (Å²) in [7, 11) is 0. The van der Waals surface area contributed by atoms with Gasteiger partial charge in [0.05, 0.1) is 12.1 Å². The first-order chi connectivity index (χ1) is 16.3. The molecule has 1 unspecified atom stereocenters. The molecular formula is C24H18Cl2N4O3S. The quantitative estimate of drug-likeness (QED) is 0.469. The van der Waals surface area contributed by atoms with Gasteiger partial charge >= 0.3 is 0 Å². The van der Waals surface area contributed by atoms with Crippen LogP contribution in [0.2, 0.25) is 10.0 Å². The SMILES string of the molecule is O=C(CC1C(=O)N(c2ccc(Cl)cc2)C(=S)N1NC(=O)c1ccccc1)Nc1cccc(Cl)c1. The Morgan fingerprint density at radius 1 is 0.912 bits per heavy atom. The van der Waals surface area contributed by atoms with E-state index in [-0.39, 0.29) is 11.5 Å². The zero-order valence-electron chi connectivity index (χ0n) is 17.6. The van der Waals surface area contributed by atoms with E-state index in [1.807, 2.05) is 0 Å². The molecule has 1 fully saturated rings. The standard InChI is InChI=1S/C24H18Cl2N4O3S/c25-16-9-11-19(12-10-16)29-23(33)20(14-21(31)27-18-8-4-7-17(26)13-18)30(24(29)34)28-22(32)15-5-2-1-3-6-15/h1-13,20H,14H2,(H,27,31)(H,28,32). The van der Waals surface area contributed by atoms with Gasteiger partial charge in [-0.15, -0.1) is 0 Å². The molecule has 1 saturated heterocycles. The monoisotopic (exact) mass is 512 g/mol. The third kappa shape index (κ3) is 5.20. The molecular weight excluding hydrogens is 495 g/mol. The van der Waals surface area contributed by atoms with E-state index in [4.69, 9.17) is 35.4 Å². The zero-order chi connectivity index (χ0) is 24.2. The Morgan fingerprint density at radius 3 is 2.29 bits per heavy atom. The third-order valence-electron chi connectivity index (χ3n) is 5.04. The lowest BCUT2D eigenvalue weighted by molar-refractivity contribution is -0.124. The highest BCUT2D eigenvalue weighted by molar-refractivity contribution is 7.80. The minimum Gasteiger partial charge on any atom is -0.326 e. The molecule has 34 heavy (non-hydrogen) atoms. The molecule has 1 aliphatic rings. The molecule has 3 amide bonds. The number of rotatable bonds is 6. The number of benzene rings is 3. The lowest BCUT2D eigenvalue weighted by Gasteiger charge is -2.24. The number of hydrogen-bond donors (Lipinski definition) is 2. The van der Waals surface area contributed by atoms with Crippen LogP contribution in [0.1, 0.15) is 16.8 Å². The Kier molecular flexibility index (Phi) is 7.12. The van der Waals surface area contributed by atoms with Crippen molar-refractivity contribution in [3.8, 4) is 0 Å². The van der Waals surface area contributed by atoms with Crippen LogP contribution in [0.3, 0.4) is 0 Å².